The highest BCUT2D eigenvalue weighted by molar-refractivity contribution is 5.74. The largest absolute Gasteiger partial charge is 0.331 e. The van der Waals surface area contributed by atoms with Gasteiger partial charge in [0.05, 0.1) is 0 Å². The summed E-state index contributed by atoms with van der Waals surface area (Å²) in [6, 6.07) is 0.513. The Morgan fingerprint density at radius 1 is 1.27 bits per heavy atom. The van der Waals surface area contributed by atoms with Crippen LogP contribution >= 0.6 is 0 Å². The Morgan fingerprint density at radius 3 is 2.60 bits per heavy atom. The van der Waals surface area contributed by atoms with Crippen molar-refractivity contribution in [2.75, 3.05) is 27.2 Å². The van der Waals surface area contributed by atoms with Crippen molar-refractivity contribution in [2.45, 2.75) is 25.3 Å². The maximum atomic E-state index is 11.8. The Kier molecular flexibility index (Phi) is 2.87. The highest BCUT2D eigenvalue weighted by Crippen LogP contribution is 2.35. The molecule has 0 aromatic heterocycles. The average molecular weight is 211 g/mol. The van der Waals surface area contributed by atoms with E-state index in [1.54, 1.807) is 4.90 Å². The van der Waals surface area contributed by atoms with E-state index in [2.05, 4.69) is 0 Å². The molecule has 2 N–H and O–H groups in total. The minimum absolute atomic E-state index is 0.151. The van der Waals surface area contributed by atoms with Gasteiger partial charge < -0.3 is 15.5 Å². The summed E-state index contributed by atoms with van der Waals surface area (Å²) in [5.41, 5.74) is 5.96. The zero-order valence-electron chi connectivity index (χ0n) is 9.65. The van der Waals surface area contributed by atoms with Crippen LogP contribution in [0.25, 0.3) is 0 Å². The van der Waals surface area contributed by atoms with Gasteiger partial charge in [-0.2, -0.15) is 0 Å². The Labute approximate surface area is 91.4 Å². The van der Waals surface area contributed by atoms with Crippen LogP contribution in [0.4, 0.5) is 4.79 Å². The molecule has 1 unspecified atom stereocenters. The van der Waals surface area contributed by atoms with Crippen LogP contribution in [-0.4, -0.2) is 49.1 Å². The van der Waals surface area contributed by atoms with Crippen molar-refractivity contribution in [3.8, 4) is 0 Å². The Balaban J connectivity index is 1.96. The molecular formula is C11H21N3O. The molecule has 0 radical (unpaired) electrons. The summed E-state index contributed by atoms with van der Waals surface area (Å²) in [5, 5.41) is 0. The molecule has 1 aliphatic heterocycles. The maximum absolute atomic E-state index is 11.8. The van der Waals surface area contributed by atoms with Gasteiger partial charge >= 0.3 is 6.03 Å². The molecule has 1 heterocycles. The second-order valence-corrected chi connectivity index (χ2v) is 5.18. The molecule has 1 aliphatic carbocycles. The van der Waals surface area contributed by atoms with Gasteiger partial charge in [0.1, 0.15) is 0 Å². The molecule has 2 rings (SSSR count). The van der Waals surface area contributed by atoms with E-state index in [-0.39, 0.29) is 6.03 Å². The van der Waals surface area contributed by atoms with Gasteiger partial charge in [-0.3, -0.25) is 0 Å². The normalized spacial score (nSPS) is 35.1. The highest BCUT2D eigenvalue weighted by Gasteiger charge is 2.38. The van der Waals surface area contributed by atoms with Crippen LogP contribution in [0.2, 0.25) is 0 Å². The van der Waals surface area contributed by atoms with Crippen molar-refractivity contribution in [2.24, 2.45) is 17.6 Å². The average Bonchev–Trinajstić information content (AvgIpc) is 2.58. The lowest BCUT2D eigenvalue weighted by Gasteiger charge is -2.27. The molecule has 0 bridgehead atoms. The summed E-state index contributed by atoms with van der Waals surface area (Å²) < 4.78 is 0. The van der Waals surface area contributed by atoms with E-state index in [1.807, 2.05) is 19.0 Å². The summed E-state index contributed by atoms with van der Waals surface area (Å²) in [7, 11) is 3.63. The third-order valence-corrected chi connectivity index (χ3v) is 3.74. The molecule has 3 atom stereocenters. The first-order chi connectivity index (χ1) is 7.08. The van der Waals surface area contributed by atoms with E-state index in [0.717, 1.165) is 25.9 Å². The molecular weight excluding hydrogens is 190 g/mol. The molecule has 4 heteroatoms. The van der Waals surface area contributed by atoms with E-state index in [1.165, 1.54) is 6.42 Å². The molecule has 4 nitrogen and oxygen atoms in total. The fourth-order valence-electron chi connectivity index (χ4n) is 2.91. The lowest BCUT2D eigenvalue weighted by Crippen LogP contribution is -2.37. The molecule has 0 aromatic carbocycles. The fraction of sp³-hybridized carbons (Fsp3) is 0.909. The maximum Gasteiger partial charge on any atom is 0.319 e. The number of nitrogens with zero attached hydrogens (tertiary/aromatic N) is 2. The molecule has 0 aromatic rings. The van der Waals surface area contributed by atoms with E-state index >= 15 is 0 Å². The van der Waals surface area contributed by atoms with Crippen molar-refractivity contribution in [3.63, 3.8) is 0 Å². The van der Waals surface area contributed by atoms with E-state index in [4.69, 9.17) is 5.73 Å². The zero-order valence-corrected chi connectivity index (χ0v) is 9.65. The quantitative estimate of drug-likeness (QED) is 0.642. The van der Waals surface area contributed by atoms with Crippen molar-refractivity contribution in [1.29, 1.82) is 0 Å². The SMILES string of the molecule is CN(C)C(=O)N1C[C@H]2CCC(N)C[C@H]2C1. The minimum atomic E-state index is 0.151. The van der Waals surface area contributed by atoms with Crippen LogP contribution in [-0.2, 0) is 0 Å². The first kappa shape index (κ1) is 10.7. The number of hydrogen-bond acceptors (Lipinski definition) is 2. The van der Waals surface area contributed by atoms with Crippen LogP contribution in [0.3, 0.4) is 0 Å². The number of fused-ring (bicyclic) bond motifs is 1. The van der Waals surface area contributed by atoms with Crippen LogP contribution in [0, 0.1) is 11.8 Å². The number of amides is 2. The summed E-state index contributed by atoms with van der Waals surface area (Å²) in [6.07, 6.45) is 3.43. The number of carbonyl (C=O) groups excluding carboxylic acids is 1. The molecule has 0 spiro atoms. The number of carbonyl (C=O) groups is 1. The van der Waals surface area contributed by atoms with Gasteiger partial charge in [-0.25, -0.2) is 4.79 Å². The topological polar surface area (TPSA) is 49.6 Å². The minimum Gasteiger partial charge on any atom is -0.331 e. The third-order valence-electron chi connectivity index (χ3n) is 3.74. The Morgan fingerprint density at radius 2 is 1.93 bits per heavy atom. The van der Waals surface area contributed by atoms with Gasteiger partial charge in [0, 0.05) is 33.2 Å². The fourth-order valence-corrected chi connectivity index (χ4v) is 2.91. The van der Waals surface area contributed by atoms with Gasteiger partial charge in [0.15, 0.2) is 0 Å². The summed E-state index contributed by atoms with van der Waals surface area (Å²) in [6.45, 7) is 1.85. The molecule has 1 saturated heterocycles. The van der Waals surface area contributed by atoms with Gasteiger partial charge in [0.25, 0.3) is 0 Å². The van der Waals surface area contributed by atoms with E-state index in [9.17, 15) is 4.79 Å². The van der Waals surface area contributed by atoms with E-state index in [0.29, 0.717) is 17.9 Å². The predicted octanol–water partition coefficient (Wildman–Crippen LogP) is 0.727. The van der Waals surface area contributed by atoms with Crippen molar-refractivity contribution < 1.29 is 4.79 Å². The molecule has 86 valence electrons. The zero-order chi connectivity index (χ0) is 11.0. The lowest BCUT2D eigenvalue weighted by molar-refractivity contribution is 0.179. The second-order valence-electron chi connectivity index (χ2n) is 5.18. The van der Waals surface area contributed by atoms with Gasteiger partial charge in [0.2, 0.25) is 0 Å². The van der Waals surface area contributed by atoms with Crippen LogP contribution in [0.5, 0.6) is 0 Å². The number of likely N-dealkylation sites (tertiary alicyclic amines) is 1. The number of rotatable bonds is 0. The molecule has 2 aliphatic rings. The molecule has 2 fully saturated rings. The monoisotopic (exact) mass is 211 g/mol. The summed E-state index contributed by atoms with van der Waals surface area (Å²) in [4.78, 5) is 15.4. The van der Waals surface area contributed by atoms with Crippen LogP contribution in [0.1, 0.15) is 19.3 Å². The number of urea groups is 1. The summed E-state index contributed by atoms with van der Waals surface area (Å²) in [5.74, 6) is 1.35. The molecule has 15 heavy (non-hydrogen) atoms. The Bertz CT molecular complexity index is 254. The van der Waals surface area contributed by atoms with Crippen molar-refractivity contribution in [1.82, 2.24) is 9.80 Å². The van der Waals surface area contributed by atoms with Crippen LogP contribution < -0.4 is 5.73 Å². The van der Waals surface area contributed by atoms with Gasteiger partial charge in [-0.1, -0.05) is 0 Å². The predicted molar refractivity (Wildman–Crippen MR) is 59.5 cm³/mol. The lowest BCUT2D eigenvalue weighted by atomic mass is 9.79. The van der Waals surface area contributed by atoms with Gasteiger partial charge in [-0.15, -0.1) is 0 Å². The number of hydrogen-bond donors (Lipinski definition) is 1. The van der Waals surface area contributed by atoms with E-state index < -0.39 is 0 Å². The first-order valence-electron chi connectivity index (χ1n) is 5.79. The van der Waals surface area contributed by atoms with Crippen molar-refractivity contribution in [3.05, 3.63) is 0 Å². The first-order valence-corrected chi connectivity index (χ1v) is 5.79. The second kappa shape index (κ2) is 4.00. The highest BCUT2D eigenvalue weighted by atomic mass is 16.2. The standard InChI is InChI=1S/C11H21N3O/c1-13(2)11(15)14-6-8-3-4-10(12)5-9(8)7-14/h8-10H,3-7,12H2,1-2H3/t8-,9+,10?/m1/s1. The summed E-state index contributed by atoms with van der Waals surface area (Å²) >= 11 is 0. The Hall–Kier alpha value is -0.770. The smallest absolute Gasteiger partial charge is 0.319 e. The van der Waals surface area contributed by atoms with Gasteiger partial charge in [-0.05, 0) is 31.1 Å². The third kappa shape index (κ3) is 2.09. The number of nitrogens with two attached hydrogens (primary N) is 1. The molecule has 2 amide bonds. The van der Waals surface area contributed by atoms with Crippen molar-refractivity contribution >= 4 is 6.03 Å². The molecule has 1 saturated carbocycles. The van der Waals surface area contributed by atoms with Crippen LogP contribution in [0.15, 0.2) is 0 Å².